The number of nitrogens with zero attached hydrogens (tertiary/aromatic N) is 1. The van der Waals surface area contributed by atoms with Crippen LogP contribution in [0.2, 0.25) is 0 Å². The summed E-state index contributed by atoms with van der Waals surface area (Å²) in [6.45, 7) is 7.74. The highest BCUT2D eigenvalue weighted by atomic mass is 32.2. The maximum Gasteiger partial charge on any atom is 0.240 e. The van der Waals surface area contributed by atoms with E-state index in [0.717, 1.165) is 22.5 Å². The van der Waals surface area contributed by atoms with E-state index in [2.05, 4.69) is 5.32 Å². The van der Waals surface area contributed by atoms with Crippen LogP contribution in [0.5, 0.6) is 0 Å². The van der Waals surface area contributed by atoms with Crippen molar-refractivity contribution in [3.63, 3.8) is 0 Å². The Balaban J connectivity index is 2.92. The van der Waals surface area contributed by atoms with E-state index in [1.165, 1.54) is 0 Å². The highest BCUT2D eigenvalue weighted by Gasteiger charge is 2.22. The number of anilines is 1. The quantitative estimate of drug-likeness (QED) is 0.835. The summed E-state index contributed by atoms with van der Waals surface area (Å²) < 4.78 is 25.1. The second-order valence-electron chi connectivity index (χ2n) is 5.89. The van der Waals surface area contributed by atoms with E-state index in [1.54, 1.807) is 12.1 Å². The first-order valence-electron chi connectivity index (χ1n) is 7.51. The number of sulfonamides is 1. The van der Waals surface area contributed by atoms with Crippen LogP contribution in [-0.4, -0.2) is 33.2 Å². The van der Waals surface area contributed by atoms with Gasteiger partial charge in [-0.25, -0.2) is 8.42 Å². The Labute approximate surface area is 133 Å². The van der Waals surface area contributed by atoms with Crippen LogP contribution >= 0.6 is 0 Å². The molecule has 1 aromatic rings. The number of benzene rings is 1. The molecule has 0 fully saturated rings. The van der Waals surface area contributed by atoms with Crippen LogP contribution in [0.1, 0.15) is 33.3 Å². The van der Waals surface area contributed by atoms with Crippen molar-refractivity contribution in [2.45, 2.75) is 40.2 Å². The van der Waals surface area contributed by atoms with Gasteiger partial charge in [-0.15, -0.1) is 0 Å². The molecule has 0 aliphatic heterocycles. The van der Waals surface area contributed by atoms with Crippen LogP contribution < -0.4 is 9.62 Å². The van der Waals surface area contributed by atoms with Crippen LogP contribution in [0.3, 0.4) is 0 Å². The number of aryl methyl sites for hydroxylation is 1. The smallest absolute Gasteiger partial charge is 0.240 e. The van der Waals surface area contributed by atoms with Crippen LogP contribution in [0.4, 0.5) is 5.69 Å². The third-order valence-electron chi connectivity index (χ3n) is 3.71. The summed E-state index contributed by atoms with van der Waals surface area (Å²) in [5.41, 5.74) is 1.63. The second kappa shape index (κ2) is 7.63. The van der Waals surface area contributed by atoms with E-state index in [0.29, 0.717) is 11.6 Å². The fourth-order valence-corrected chi connectivity index (χ4v) is 2.75. The summed E-state index contributed by atoms with van der Waals surface area (Å²) >= 11 is 0. The van der Waals surface area contributed by atoms with Crippen molar-refractivity contribution in [2.24, 2.45) is 5.92 Å². The molecule has 0 heterocycles. The number of carbonyl (C=O) groups excluding carboxylic acids is 1. The van der Waals surface area contributed by atoms with Crippen molar-refractivity contribution in [3.8, 4) is 0 Å². The van der Waals surface area contributed by atoms with Gasteiger partial charge in [0, 0.05) is 6.04 Å². The van der Waals surface area contributed by atoms with E-state index in [9.17, 15) is 13.2 Å². The molecule has 6 heteroatoms. The topological polar surface area (TPSA) is 66.5 Å². The van der Waals surface area contributed by atoms with Crippen molar-refractivity contribution in [2.75, 3.05) is 17.1 Å². The molecule has 0 bridgehead atoms. The van der Waals surface area contributed by atoms with Gasteiger partial charge in [0.2, 0.25) is 15.9 Å². The molecule has 22 heavy (non-hydrogen) atoms. The van der Waals surface area contributed by atoms with Crippen LogP contribution in [-0.2, 0) is 21.2 Å². The normalized spacial score (nSPS) is 13.0. The van der Waals surface area contributed by atoms with Gasteiger partial charge in [0.05, 0.1) is 11.9 Å². The van der Waals surface area contributed by atoms with Crippen LogP contribution in [0, 0.1) is 5.92 Å². The standard InChI is InChI=1S/C16H26N2O3S/c1-6-14-7-9-15(10-8-14)18(22(5,20)21)11-16(19)17-13(4)12(2)3/h7-10,12-13H,6,11H2,1-5H3,(H,17,19)/t13-/m0/s1. The van der Waals surface area contributed by atoms with Gasteiger partial charge >= 0.3 is 0 Å². The lowest BCUT2D eigenvalue weighted by Gasteiger charge is -2.24. The molecule has 0 saturated carbocycles. The molecule has 1 N–H and O–H groups in total. The molecule has 0 saturated heterocycles. The summed E-state index contributed by atoms with van der Waals surface area (Å²) in [5, 5.41) is 2.83. The van der Waals surface area contributed by atoms with E-state index >= 15 is 0 Å². The lowest BCUT2D eigenvalue weighted by Crippen LogP contribution is -2.44. The monoisotopic (exact) mass is 326 g/mol. The van der Waals surface area contributed by atoms with Gasteiger partial charge in [0.15, 0.2) is 0 Å². The molecule has 1 amide bonds. The maximum absolute atomic E-state index is 12.1. The molecular formula is C16H26N2O3S. The molecule has 1 rings (SSSR count). The molecule has 0 aromatic heterocycles. The number of carbonyl (C=O) groups is 1. The largest absolute Gasteiger partial charge is 0.352 e. The number of rotatable bonds is 7. The zero-order chi connectivity index (χ0) is 16.9. The summed E-state index contributed by atoms with van der Waals surface area (Å²) in [4.78, 5) is 12.1. The predicted molar refractivity (Wildman–Crippen MR) is 90.5 cm³/mol. The Morgan fingerprint density at radius 2 is 1.73 bits per heavy atom. The van der Waals surface area contributed by atoms with E-state index in [-0.39, 0.29) is 18.5 Å². The lowest BCUT2D eigenvalue weighted by atomic mass is 10.1. The predicted octanol–water partition coefficient (Wildman–Crippen LogP) is 2.18. The number of amides is 1. The maximum atomic E-state index is 12.1. The van der Waals surface area contributed by atoms with Gasteiger partial charge in [-0.05, 0) is 37.0 Å². The van der Waals surface area contributed by atoms with Gasteiger partial charge in [0.1, 0.15) is 6.54 Å². The third-order valence-corrected chi connectivity index (χ3v) is 4.85. The van der Waals surface area contributed by atoms with Gasteiger partial charge in [-0.2, -0.15) is 0 Å². The molecule has 1 aromatic carbocycles. The molecule has 0 spiro atoms. The van der Waals surface area contributed by atoms with Gasteiger partial charge < -0.3 is 5.32 Å². The van der Waals surface area contributed by atoms with Crippen LogP contribution in [0.15, 0.2) is 24.3 Å². The first-order valence-corrected chi connectivity index (χ1v) is 9.36. The average molecular weight is 326 g/mol. The summed E-state index contributed by atoms with van der Waals surface area (Å²) in [6, 6.07) is 7.22. The SMILES string of the molecule is CCc1ccc(N(CC(=O)N[C@@H](C)C(C)C)S(C)(=O)=O)cc1. The molecule has 1 atom stereocenters. The Morgan fingerprint density at radius 3 is 2.14 bits per heavy atom. The van der Waals surface area contributed by atoms with Gasteiger partial charge in [0.25, 0.3) is 0 Å². The van der Waals surface area contributed by atoms with E-state index in [4.69, 9.17) is 0 Å². The van der Waals surface area contributed by atoms with Crippen molar-refractivity contribution in [3.05, 3.63) is 29.8 Å². The molecular weight excluding hydrogens is 300 g/mol. The van der Waals surface area contributed by atoms with Crippen LogP contribution in [0.25, 0.3) is 0 Å². The fourth-order valence-electron chi connectivity index (χ4n) is 1.89. The first kappa shape index (κ1) is 18.5. The number of hydrogen-bond acceptors (Lipinski definition) is 3. The molecule has 0 radical (unpaired) electrons. The van der Waals surface area contributed by atoms with Crippen molar-refractivity contribution < 1.29 is 13.2 Å². The minimum atomic E-state index is -3.52. The van der Waals surface area contributed by atoms with Crippen molar-refractivity contribution in [1.82, 2.24) is 5.32 Å². The summed E-state index contributed by atoms with van der Waals surface area (Å²) in [7, 11) is -3.52. The second-order valence-corrected chi connectivity index (χ2v) is 7.80. The van der Waals surface area contributed by atoms with E-state index < -0.39 is 10.0 Å². The average Bonchev–Trinajstić information content (AvgIpc) is 2.43. The van der Waals surface area contributed by atoms with E-state index in [1.807, 2.05) is 39.8 Å². The first-order chi connectivity index (χ1) is 10.1. The third kappa shape index (κ3) is 5.33. The zero-order valence-electron chi connectivity index (χ0n) is 14.0. The van der Waals surface area contributed by atoms with Gasteiger partial charge in [-0.3, -0.25) is 9.10 Å². The van der Waals surface area contributed by atoms with Crippen molar-refractivity contribution >= 4 is 21.6 Å². The molecule has 5 nitrogen and oxygen atoms in total. The highest BCUT2D eigenvalue weighted by Crippen LogP contribution is 2.18. The molecule has 0 unspecified atom stereocenters. The molecule has 124 valence electrons. The summed E-state index contributed by atoms with van der Waals surface area (Å²) in [6.07, 6.45) is 1.99. The van der Waals surface area contributed by atoms with Crippen molar-refractivity contribution in [1.29, 1.82) is 0 Å². The minimum Gasteiger partial charge on any atom is -0.352 e. The Bertz CT molecular complexity index is 594. The van der Waals surface area contributed by atoms with Gasteiger partial charge in [-0.1, -0.05) is 32.9 Å². The fraction of sp³-hybridized carbons (Fsp3) is 0.562. The molecule has 0 aliphatic carbocycles. The lowest BCUT2D eigenvalue weighted by molar-refractivity contribution is -0.120. The zero-order valence-corrected chi connectivity index (χ0v) is 14.8. The number of hydrogen-bond donors (Lipinski definition) is 1. The molecule has 0 aliphatic rings. The Morgan fingerprint density at radius 1 is 1.18 bits per heavy atom. The summed E-state index contributed by atoms with van der Waals surface area (Å²) in [5.74, 6) is -0.00864. The highest BCUT2D eigenvalue weighted by molar-refractivity contribution is 7.92. The number of nitrogens with one attached hydrogen (secondary N) is 1. The Kier molecular flexibility index (Phi) is 6.41. The Hall–Kier alpha value is -1.56. The minimum absolute atomic E-state index is 0.00335.